The van der Waals surface area contributed by atoms with Crippen LogP contribution in [0.3, 0.4) is 0 Å². The lowest BCUT2D eigenvalue weighted by molar-refractivity contribution is -0.0456. The topological polar surface area (TPSA) is 36.9 Å². The van der Waals surface area contributed by atoms with Gasteiger partial charge >= 0.3 is 0 Å². The molecule has 0 fully saturated rings. The highest BCUT2D eigenvalue weighted by Gasteiger charge is 2.52. The van der Waals surface area contributed by atoms with Gasteiger partial charge in [0.2, 0.25) is 0 Å². The number of hydrogen-bond donors (Lipinski definition) is 0. The van der Waals surface area contributed by atoms with Crippen molar-refractivity contribution in [1.82, 2.24) is 0 Å². The van der Waals surface area contributed by atoms with Gasteiger partial charge in [0.15, 0.2) is 0 Å². The second-order valence-corrected chi connectivity index (χ2v) is 19.9. The molecule has 9 rings (SSSR count). The lowest BCUT2D eigenvalue weighted by Gasteiger charge is -2.44. The maximum atomic E-state index is 7.63. The van der Waals surface area contributed by atoms with E-state index in [4.69, 9.17) is 31.8 Å². The molecule has 0 N–H and O–H groups in total. The number of rotatable bonds is 14. The number of terminal acetylenes is 2. The number of ether oxygens (including phenoxy) is 4. The quantitative estimate of drug-likeness (QED) is 0.0530. The van der Waals surface area contributed by atoms with E-state index >= 15 is 0 Å². The molecule has 3 aromatic carbocycles. The molecule has 0 saturated heterocycles. The number of fused-ring (bicyclic) bond motifs is 6. The van der Waals surface area contributed by atoms with Crippen LogP contribution in [0, 0.1) is 43.4 Å². The summed E-state index contributed by atoms with van der Waals surface area (Å²) in [5, 5.41) is 1.98. The van der Waals surface area contributed by atoms with Crippen LogP contribution in [0.4, 0.5) is 0 Å². The Morgan fingerprint density at radius 3 is 2.12 bits per heavy atom. The molecule has 6 unspecified atom stereocenters. The van der Waals surface area contributed by atoms with Gasteiger partial charge in [-0.15, -0.1) is 12.8 Å². The van der Waals surface area contributed by atoms with Crippen molar-refractivity contribution in [2.75, 3.05) is 13.2 Å². The molecule has 0 bridgehead atoms. The smallest absolute Gasteiger partial charge is 0.148 e. The third-order valence-corrected chi connectivity index (χ3v) is 15.6. The SMILES string of the molecule is C#CCOC(=C)C1=C(/C=C\C)C2C(C)=CC3(OC2C=C1)C(/C=c1/ccccc1=C)=C(C)c1ccc(/C(C=C)=C/c2cc4c(cc2C)C(C)=C(/C=C\C=C)C42C=C(C)C4C(/C(=C\C)OCC#C)=C(C=C)C=CC4O2)cc13. The fourth-order valence-electron chi connectivity index (χ4n) is 12.2. The predicted octanol–water partition coefficient (Wildman–Crippen LogP) is 14.5. The van der Waals surface area contributed by atoms with Gasteiger partial charge in [-0.3, -0.25) is 0 Å². The zero-order chi connectivity index (χ0) is 53.3. The highest BCUT2D eigenvalue weighted by molar-refractivity contribution is 5.93. The van der Waals surface area contributed by atoms with E-state index in [2.05, 4.69) is 195 Å². The molecule has 0 saturated carbocycles. The fourth-order valence-corrected chi connectivity index (χ4v) is 12.2. The van der Waals surface area contributed by atoms with Crippen LogP contribution in [-0.2, 0) is 30.1 Å². The van der Waals surface area contributed by atoms with E-state index < -0.39 is 11.2 Å². The first-order valence-corrected chi connectivity index (χ1v) is 25.7. The Bertz CT molecular complexity index is 3590. The Balaban J connectivity index is 1.18. The van der Waals surface area contributed by atoms with Gasteiger partial charge in [-0.05, 0) is 168 Å². The summed E-state index contributed by atoms with van der Waals surface area (Å²) >= 11 is 0. The first-order chi connectivity index (χ1) is 36.2. The van der Waals surface area contributed by atoms with Crippen LogP contribution < -0.4 is 10.4 Å². The maximum Gasteiger partial charge on any atom is 0.148 e. The van der Waals surface area contributed by atoms with Gasteiger partial charge in [0, 0.05) is 34.1 Å². The third-order valence-electron chi connectivity index (χ3n) is 15.6. The third kappa shape index (κ3) is 8.79. The van der Waals surface area contributed by atoms with Crippen molar-refractivity contribution >= 4 is 35.5 Å². The Labute approximate surface area is 445 Å². The molecule has 6 atom stereocenters. The average molecular weight is 983 g/mol. The highest BCUT2D eigenvalue weighted by atomic mass is 16.5. The molecular weight excluding hydrogens is 917 g/mol. The van der Waals surface area contributed by atoms with E-state index in [0.29, 0.717) is 5.76 Å². The molecule has 6 aliphatic rings. The van der Waals surface area contributed by atoms with Crippen molar-refractivity contribution in [2.24, 2.45) is 11.8 Å². The van der Waals surface area contributed by atoms with E-state index in [0.717, 1.165) is 111 Å². The summed E-state index contributed by atoms with van der Waals surface area (Å²) in [4.78, 5) is 0. The van der Waals surface area contributed by atoms with Crippen LogP contribution in [0.1, 0.15) is 80.5 Å². The van der Waals surface area contributed by atoms with Crippen molar-refractivity contribution < 1.29 is 18.9 Å². The van der Waals surface area contributed by atoms with Crippen LogP contribution in [-0.4, -0.2) is 25.4 Å². The average Bonchev–Trinajstić information content (AvgIpc) is 3.76. The van der Waals surface area contributed by atoms with Crippen molar-refractivity contribution in [1.29, 1.82) is 0 Å². The van der Waals surface area contributed by atoms with Gasteiger partial charge in [0.1, 0.15) is 35.9 Å². The molecule has 2 heterocycles. The molecule has 75 heavy (non-hydrogen) atoms. The van der Waals surface area contributed by atoms with Crippen LogP contribution in [0.25, 0.3) is 35.5 Å². The molecule has 4 aliphatic carbocycles. The first-order valence-electron chi connectivity index (χ1n) is 25.7. The van der Waals surface area contributed by atoms with Crippen LogP contribution in [0.2, 0.25) is 0 Å². The highest BCUT2D eigenvalue weighted by Crippen LogP contribution is 2.58. The van der Waals surface area contributed by atoms with E-state index in [9.17, 15) is 0 Å². The van der Waals surface area contributed by atoms with Gasteiger partial charge in [-0.25, -0.2) is 0 Å². The van der Waals surface area contributed by atoms with Crippen LogP contribution in [0.15, 0.2) is 222 Å². The van der Waals surface area contributed by atoms with E-state index in [1.54, 1.807) is 0 Å². The van der Waals surface area contributed by atoms with Crippen molar-refractivity contribution in [3.8, 4) is 24.7 Å². The van der Waals surface area contributed by atoms with Gasteiger partial charge in [0.05, 0.1) is 12.2 Å². The predicted molar refractivity (Wildman–Crippen MR) is 313 cm³/mol. The minimum absolute atomic E-state index is 0.0824. The lowest BCUT2D eigenvalue weighted by Crippen LogP contribution is -2.42. The zero-order valence-corrected chi connectivity index (χ0v) is 44.5. The van der Waals surface area contributed by atoms with Crippen molar-refractivity contribution in [2.45, 2.75) is 71.9 Å². The number of hydrogen-bond acceptors (Lipinski definition) is 4. The van der Waals surface area contributed by atoms with Gasteiger partial charge in [-0.2, -0.15) is 0 Å². The molecule has 3 aromatic rings. The second-order valence-electron chi connectivity index (χ2n) is 19.9. The molecule has 2 spiro atoms. The normalized spacial score (nSPS) is 25.1. The summed E-state index contributed by atoms with van der Waals surface area (Å²) in [5.41, 5.74) is 17.6. The molecule has 0 radical (unpaired) electrons. The summed E-state index contributed by atoms with van der Waals surface area (Å²) < 4.78 is 27.2. The van der Waals surface area contributed by atoms with E-state index in [-0.39, 0.29) is 37.3 Å². The molecule has 4 nitrogen and oxygen atoms in total. The van der Waals surface area contributed by atoms with Crippen LogP contribution in [0.5, 0.6) is 0 Å². The maximum absolute atomic E-state index is 7.63. The van der Waals surface area contributed by atoms with Gasteiger partial charge in [0.25, 0.3) is 0 Å². The van der Waals surface area contributed by atoms with E-state index in [1.165, 1.54) is 5.57 Å². The van der Waals surface area contributed by atoms with Crippen molar-refractivity contribution in [3.63, 3.8) is 0 Å². The molecule has 0 aromatic heterocycles. The zero-order valence-electron chi connectivity index (χ0n) is 44.5. The number of benzene rings is 3. The molecule has 374 valence electrons. The molecule has 2 aliphatic heterocycles. The molecule has 4 heteroatoms. The minimum Gasteiger partial charge on any atom is -0.481 e. The summed E-state index contributed by atoms with van der Waals surface area (Å²) in [7, 11) is 0. The lowest BCUT2D eigenvalue weighted by atomic mass is 9.73. The Morgan fingerprint density at radius 2 is 1.44 bits per heavy atom. The molecule has 0 amide bonds. The largest absolute Gasteiger partial charge is 0.481 e. The van der Waals surface area contributed by atoms with Crippen molar-refractivity contribution in [3.05, 3.63) is 271 Å². The van der Waals surface area contributed by atoms with Gasteiger partial charge in [-0.1, -0.05) is 165 Å². The number of aryl methyl sites for hydroxylation is 1. The van der Waals surface area contributed by atoms with Crippen LogP contribution >= 0.6 is 0 Å². The Hall–Kier alpha value is -8.12. The summed E-state index contributed by atoms with van der Waals surface area (Å²) in [6, 6.07) is 19.6. The summed E-state index contributed by atoms with van der Waals surface area (Å²) in [6.45, 7) is 36.6. The monoisotopic (exact) mass is 982 g/mol. The Morgan fingerprint density at radius 1 is 0.773 bits per heavy atom. The minimum atomic E-state index is -0.930. The second kappa shape index (κ2) is 21.0. The Kier molecular flexibility index (Phi) is 14.5. The first kappa shape index (κ1) is 51.8. The molecular formula is C71H66O4. The fraction of sp³-hybridized carbons (Fsp3) is 0.211. The summed E-state index contributed by atoms with van der Waals surface area (Å²) in [5.74, 6) is 6.28. The van der Waals surface area contributed by atoms with Gasteiger partial charge < -0.3 is 18.9 Å². The van der Waals surface area contributed by atoms with E-state index in [1.807, 2.05) is 50.3 Å². The standard InChI is InChI=1S/C71H66O4/c1-15-22-28-60-49(13)59-37-45(9)55(41-63(59)70(60)43-47(11)68-66(75-70)33-30-51(19-5)69(68)64(21-7)73-36-18-4)38-52(20-6)54-29-31-56-48(12)61(39-53-27-24-23-26-44(53)8)71(62(56)40-54)42-46(10)67-58(25-16-2)57(32-34-65(67)74-71)50(14)72-35-17-3/h3-4,15-16,19-34,37-43,65-68H,1,5-6,8,14,35-36H2,2,7,9-13H3/b25-16-,28-22-,52-38+,53-39-,64-21+. The summed E-state index contributed by atoms with van der Waals surface area (Å²) in [6.07, 6.45) is 44.2. The number of allylic oxidation sites excluding steroid dienone is 14.